The molecule has 1 N–H and O–H groups in total. The van der Waals surface area contributed by atoms with E-state index in [9.17, 15) is 0 Å². The Hall–Kier alpha value is -1.40. The molecule has 5 nitrogen and oxygen atoms in total. The largest absolute Gasteiger partial charge is 0.496 e. The first-order valence-corrected chi connectivity index (χ1v) is 7.85. The number of rotatable bonds is 7. The first-order valence-electron chi connectivity index (χ1n) is 7.06. The van der Waals surface area contributed by atoms with E-state index in [1.807, 2.05) is 25.4 Å². The fraction of sp³-hybridized carbons (Fsp3) is 0.467. The van der Waals surface area contributed by atoms with Crippen LogP contribution in [0, 0.1) is 0 Å². The zero-order valence-electron chi connectivity index (χ0n) is 12.6. The second-order valence-corrected chi connectivity index (χ2v) is 5.90. The lowest BCUT2D eigenvalue weighted by Crippen LogP contribution is -2.24. The fourth-order valence-corrected chi connectivity index (χ4v) is 2.62. The molecule has 0 spiro atoms. The molecular formula is C15H21BrN4O. The zero-order chi connectivity index (χ0) is 15.2. The van der Waals surface area contributed by atoms with Gasteiger partial charge in [-0.3, -0.25) is 4.68 Å². The molecule has 0 fully saturated rings. The van der Waals surface area contributed by atoms with Gasteiger partial charge in [0, 0.05) is 35.7 Å². The van der Waals surface area contributed by atoms with E-state index in [0.717, 1.165) is 40.9 Å². The standard InChI is InChI=1S/C15H21BrN4O/c1-4-7-17-14(9-12-10-20(2)19-18-12)13-6-5-11(16)8-15(13)21-3/h5-6,8,10,14,17H,4,7,9H2,1-3H3. The van der Waals surface area contributed by atoms with Crippen LogP contribution in [-0.4, -0.2) is 28.6 Å². The summed E-state index contributed by atoms with van der Waals surface area (Å²) >= 11 is 3.48. The summed E-state index contributed by atoms with van der Waals surface area (Å²) in [7, 11) is 3.58. The van der Waals surface area contributed by atoms with E-state index < -0.39 is 0 Å². The normalized spacial score (nSPS) is 12.4. The Labute approximate surface area is 133 Å². The number of halogens is 1. The summed E-state index contributed by atoms with van der Waals surface area (Å²) < 4.78 is 8.26. The van der Waals surface area contributed by atoms with Gasteiger partial charge in [-0.05, 0) is 25.1 Å². The number of aryl methyl sites for hydroxylation is 1. The predicted octanol–water partition coefficient (Wildman–Crippen LogP) is 2.87. The molecule has 21 heavy (non-hydrogen) atoms. The van der Waals surface area contributed by atoms with E-state index in [-0.39, 0.29) is 6.04 Å². The first-order chi connectivity index (χ1) is 10.1. The molecular weight excluding hydrogens is 332 g/mol. The number of nitrogens with zero attached hydrogens (tertiary/aromatic N) is 3. The number of ether oxygens (including phenoxy) is 1. The fourth-order valence-electron chi connectivity index (χ4n) is 2.28. The molecule has 0 amide bonds. The smallest absolute Gasteiger partial charge is 0.124 e. The van der Waals surface area contributed by atoms with E-state index in [1.54, 1.807) is 11.8 Å². The molecule has 1 aromatic carbocycles. The zero-order valence-corrected chi connectivity index (χ0v) is 14.2. The van der Waals surface area contributed by atoms with Gasteiger partial charge in [0.1, 0.15) is 5.75 Å². The molecule has 1 atom stereocenters. The minimum atomic E-state index is 0.157. The van der Waals surface area contributed by atoms with Crippen molar-refractivity contribution >= 4 is 15.9 Å². The van der Waals surface area contributed by atoms with Crippen molar-refractivity contribution in [3.05, 3.63) is 40.1 Å². The Morgan fingerprint density at radius 3 is 2.86 bits per heavy atom. The summed E-state index contributed by atoms with van der Waals surface area (Å²) in [6, 6.07) is 6.28. The third-order valence-electron chi connectivity index (χ3n) is 3.28. The van der Waals surface area contributed by atoms with Crippen molar-refractivity contribution < 1.29 is 4.74 Å². The van der Waals surface area contributed by atoms with Crippen LogP contribution < -0.4 is 10.1 Å². The van der Waals surface area contributed by atoms with E-state index in [4.69, 9.17) is 4.74 Å². The maximum Gasteiger partial charge on any atom is 0.124 e. The molecule has 0 radical (unpaired) electrons. The number of aromatic nitrogens is 3. The van der Waals surface area contributed by atoms with Gasteiger partial charge in [-0.25, -0.2) is 0 Å². The highest BCUT2D eigenvalue weighted by molar-refractivity contribution is 9.10. The topological polar surface area (TPSA) is 52.0 Å². The molecule has 0 aliphatic heterocycles. The van der Waals surface area contributed by atoms with Gasteiger partial charge < -0.3 is 10.1 Å². The lowest BCUT2D eigenvalue weighted by molar-refractivity contribution is 0.397. The molecule has 6 heteroatoms. The van der Waals surface area contributed by atoms with E-state index >= 15 is 0 Å². The Kier molecular flexibility index (Phi) is 5.76. The van der Waals surface area contributed by atoms with Crippen LogP contribution in [0.1, 0.15) is 30.6 Å². The Morgan fingerprint density at radius 2 is 2.24 bits per heavy atom. The molecule has 0 saturated carbocycles. The van der Waals surface area contributed by atoms with Crippen molar-refractivity contribution in [3.8, 4) is 5.75 Å². The van der Waals surface area contributed by atoms with Gasteiger partial charge in [-0.2, -0.15) is 0 Å². The van der Waals surface area contributed by atoms with Crippen molar-refractivity contribution in [1.82, 2.24) is 20.3 Å². The lowest BCUT2D eigenvalue weighted by Gasteiger charge is -2.20. The Bertz CT molecular complexity index is 585. The molecule has 1 aromatic heterocycles. The van der Waals surface area contributed by atoms with Crippen LogP contribution >= 0.6 is 15.9 Å². The molecule has 0 saturated heterocycles. The van der Waals surface area contributed by atoms with Gasteiger partial charge in [0.05, 0.1) is 12.8 Å². The Morgan fingerprint density at radius 1 is 1.43 bits per heavy atom. The van der Waals surface area contributed by atoms with Gasteiger partial charge in [-0.15, -0.1) is 5.10 Å². The summed E-state index contributed by atoms with van der Waals surface area (Å²) in [6.45, 7) is 3.11. The average molecular weight is 353 g/mol. The predicted molar refractivity (Wildman–Crippen MR) is 86.4 cm³/mol. The summed E-state index contributed by atoms with van der Waals surface area (Å²) in [5.74, 6) is 0.877. The summed E-state index contributed by atoms with van der Waals surface area (Å²) in [5.41, 5.74) is 2.11. The van der Waals surface area contributed by atoms with Crippen molar-refractivity contribution in [2.75, 3.05) is 13.7 Å². The molecule has 0 aliphatic rings. The lowest BCUT2D eigenvalue weighted by atomic mass is 10.0. The van der Waals surface area contributed by atoms with Crippen LogP contribution in [0.5, 0.6) is 5.75 Å². The highest BCUT2D eigenvalue weighted by atomic mass is 79.9. The van der Waals surface area contributed by atoms with E-state index in [0.29, 0.717) is 0 Å². The Balaban J connectivity index is 2.26. The number of benzene rings is 1. The molecule has 2 rings (SSSR count). The second-order valence-electron chi connectivity index (χ2n) is 4.98. The first kappa shape index (κ1) is 16.0. The quantitative estimate of drug-likeness (QED) is 0.832. The number of methoxy groups -OCH3 is 1. The van der Waals surface area contributed by atoms with Crippen molar-refractivity contribution in [2.45, 2.75) is 25.8 Å². The maximum atomic E-state index is 5.52. The van der Waals surface area contributed by atoms with Crippen LogP contribution in [0.2, 0.25) is 0 Å². The minimum absolute atomic E-state index is 0.157. The molecule has 1 unspecified atom stereocenters. The molecule has 0 aliphatic carbocycles. The average Bonchev–Trinajstić information content (AvgIpc) is 2.88. The van der Waals surface area contributed by atoms with Crippen molar-refractivity contribution in [1.29, 1.82) is 0 Å². The van der Waals surface area contributed by atoms with E-state index in [2.05, 4.69) is 44.5 Å². The molecule has 1 heterocycles. The summed E-state index contributed by atoms with van der Waals surface area (Å²) in [4.78, 5) is 0. The highest BCUT2D eigenvalue weighted by Gasteiger charge is 2.18. The van der Waals surface area contributed by atoms with Crippen molar-refractivity contribution in [2.24, 2.45) is 7.05 Å². The summed E-state index contributed by atoms with van der Waals surface area (Å²) in [6.07, 6.45) is 3.81. The SMILES string of the molecule is CCCNC(Cc1cn(C)nn1)c1ccc(Br)cc1OC. The third-order valence-corrected chi connectivity index (χ3v) is 3.77. The maximum absolute atomic E-state index is 5.52. The van der Waals surface area contributed by atoms with Crippen LogP contribution in [-0.2, 0) is 13.5 Å². The number of hydrogen-bond donors (Lipinski definition) is 1. The number of hydrogen-bond acceptors (Lipinski definition) is 4. The molecule has 0 bridgehead atoms. The van der Waals surface area contributed by atoms with Gasteiger partial charge in [0.25, 0.3) is 0 Å². The van der Waals surface area contributed by atoms with Crippen LogP contribution in [0.25, 0.3) is 0 Å². The highest BCUT2D eigenvalue weighted by Crippen LogP contribution is 2.30. The number of nitrogens with one attached hydrogen (secondary N) is 1. The summed E-state index contributed by atoms with van der Waals surface area (Å²) in [5, 5.41) is 11.8. The van der Waals surface area contributed by atoms with Crippen LogP contribution in [0.4, 0.5) is 0 Å². The van der Waals surface area contributed by atoms with E-state index in [1.165, 1.54) is 0 Å². The van der Waals surface area contributed by atoms with Gasteiger partial charge in [-0.1, -0.05) is 34.1 Å². The minimum Gasteiger partial charge on any atom is -0.496 e. The van der Waals surface area contributed by atoms with Gasteiger partial charge in [0.15, 0.2) is 0 Å². The molecule has 114 valence electrons. The van der Waals surface area contributed by atoms with Crippen LogP contribution in [0.15, 0.2) is 28.9 Å². The van der Waals surface area contributed by atoms with Gasteiger partial charge >= 0.3 is 0 Å². The monoisotopic (exact) mass is 352 g/mol. The third kappa shape index (κ3) is 4.28. The van der Waals surface area contributed by atoms with Crippen molar-refractivity contribution in [3.63, 3.8) is 0 Å². The molecule has 2 aromatic rings. The van der Waals surface area contributed by atoms with Crippen LogP contribution in [0.3, 0.4) is 0 Å². The van der Waals surface area contributed by atoms with Gasteiger partial charge in [0.2, 0.25) is 0 Å². The second kappa shape index (κ2) is 7.56.